The van der Waals surface area contributed by atoms with Crippen molar-refractivity contribution in [3.63, 3.8) is 0 Å². The highest BCUT2D eigenvalue weighted by atomic mass is 16.5. The van der Waals surface area contributed by atoms with Gasteiger partial charge in [-0.1, -0.05) is 29.8 Å². The van der Waals surface area contributed by atoms with E-state index in [1.165, 1.54) is 19.2 Å². The molecule has 0 radical (unpaired) electrons. The number of esters is 1. The second-order valence-electron chi connectivity index (χ2n) is 6.84. The Morgan fingerprint density at radius 1 is 1.07 bits per heavy atom. The van der Waals surface area contributed by atoms with Crippen molar-refractivity contribution >= 4 is 17.6 Å². The lowest BCUT2D eigenvalue weighted by molar-refractivity contribution is -0.142. The number of benzene rings is 2. The minimum absolute atomic E-state index is 0.119. The van der Waals surface area contributed by atoms with E-state index in [2.05, 4.69) is 10.3 Å². The molecule has 30 heavy (non-hydrogen) atoms. The van der Waals surface area contributed by atoms with Crippen molar-refractivity contribution in [1.82, 2.24) is 4.98 Å². The van der Waals surface area contributed by atoms with Crippen molar-refractivity contribution in [2.45, 2.75) is 27.4 Å². The molecular formula is C23H22N2O5. The van der Waals surface area contributed by atoms with Crippen LogP contribution in [0.15, 0.2) is 54.7 Å². The molecule has 0 bridgehead atoms. The van der Waals surface area contributed by atoms with Gasteiger partial charge in [-0.25, -0.2) is 4.98 Å². The molecule has 3 aromatic rings. The third kappa shape index (κ3) is 5.35. The Morgan fingerprint density at radius 2 is 1.80 bits per heavy atom. The summed E-state index contributed by atoms with van der Waals surface area (Å²) < 4.78 is 10.7. The average molecular weight is 406 g/mol. The van der Waals surface area contributed by atoms with Gasteiger partial charge in [0.2, 0.25) is 0 Å². The minimum atomic E-state index is -0.557. The third-order valence-corrected chi connectivity index (χ3v) is 4.27. The molecule has 0 fully saturated rings. The van der Waals surface area contributed by atoms with Gasteiger partial charge >= 0.3 is 5.97 Å². The van der Waals surface area contributed by atoms with E-state index in [1.807, 2.05) is 32.0 Å². The van der Waals surface area contributed by atoms with Crippen LogP contribution in [0, 0.1) is 13.8 Å². The Hall–Kier alpha value is -3.87. The van der Waals surface area contributed by atoms with Gasteiger partial charge in [0.05, 0.1) is 6.20 Å². The van der Waals surface area contributed by atoms with Gasteiger partial charge in [-0.3, -0.25) is 9.59 Å². The number of amides is 1. The number of hydrogen-bond donors (Lipinski definition) is 2. The van der Waals surface area contributed by atoms with Gasteiger partial charge < -0.3 is 19.9 Å². The van der Waals surface area contributed by atoms with E-state index in [1.54, 1.807) is 24.3 Å². The maximum atomic E-state index is 12.5. The predicted molar refractivity (Wildman–Crippen MR) is 112 cm³/mol. The Morgan fingerprint density at radius 3 is 2.43 bits per heavy atom. The van der Waals surface area contributed by atoms with Crippen LogP contribution in [0.1, 0.15) is 34.1 Å². The van der Waals surface area contributed by atoms with Gasteiger partial charge in [0, 0.05) is 18.7 Å². The molecule has 7 nitrogen and oxygen atoms in total. The van der Waals surface area contributed by atoms with E-state index in [9.17, 15) is 14.7 Å². The van der Waals surface area contributed by atoms with E-state index in [-0.39, 0.29) is 24.0 Å². The summed E-state index contributed by atoms with van der Waals surface area (Å²) in [5.41, 5.74) is 3.26. The lowest BCUT2D eigenvalue weighted by atomic mass is 10.1. The van der Waals surface area contributed by atoms with Crippen molar-refractivity contribution in [1.29, 1.82) is 0 Å². The molecule has 0 aliphatic heterocycles. The molecule has 7 heteroatoms. The molecule has 1 heterocycles. The summed E-state index contributed by atoms with van der Waals surface area (Å²) in [6, 6.07) is 13.9. The number of rotatable bonds is 6. The molecule has 0 aliphatic carbocycles. The number of carbonyl (C=O) groups excluding carboxylic acids is 2. The zero-order valence-corrected chi connectivity index (χ0v) is 16.9. The minimum Gasteiger partial charge on any atom is -0.505 e. The van der Waals surface area contributed by atoms with Crippen LogP contribution in [0.4, 0.5) is 5.69 Å². The number of hydrogen-bond acceptors (Lipinski definition) is 6. The number of aromatic nitrogens is 1. The molecule has 1 aromatic heterocycles. The molecule has 2 aromatic carbocycles. The van der Waals surface area contributed by atoms with Crippen LogP contribution >= 0.6 is 0 Å². The first-order valence-electron chi connectivity index (χ1n) is 9.29. The number of anilines is 1. The van der Waals surface area contributed by atoms with Crippen LogP contribution in [0.2, 0.25) is 0 Å². The van der Waals surface area contributed by atoms with Crippen molar-refractivity contribution in [2.24, 2.45) is 0 Å². The van der Waals surface area contributed by atoms with Gasteiger partial charge in [0.1, 0.15) is 18.1 Å². The second kappa shape index (κ2) is 9.09. The molecule has 2 N–H and O–H groups in total. The van der Waals surface area contributed by atoms with Gasteiger partial charge in [0.25, 0.3) is 5.91 Å². The Labute approximate surface area is 174 Å². The Kier molecular flexibility index (Phi) is 6.32. The highest BCUT2D eigenvalue weighted by molar-refractivity contribution is 6.04. The number of carbonyl (C=O) groups is 2. The molecule has 0 spiro atoms. The highest BCUT2D eigenvalue weighted by Gasteiger charge is 2.15. The SMILES string of the molecule is CC(=O)OCc1ccc(NC(=O)c2ncc(Oc3ccc(C)cc3C)cc2O)cc1. The molecule has 3 rings (SSSR count). The summed E-state index contributed by atoms with van der Waals surface area (Å²) in [6.07, 6.45) is 1.39. The van der Waals surface area contributed by atoms with Crippen LogP contribution in [0.5, 0.6) is 17.2 Å². The van der Waals surface area contributed by atoms with Crippen LogP contribution in [0.25, 0.3) is 0 Å². The summed E-state index contributed by atoms with van der Waals surface area (Å²) in [7, 11) is 0. The van der Waals surface area contributed by atoms with Gasteiger partial charge in [0.15, 0.2) is 11.4 Å². The fraction of sp³-hybridized carbons (Fsp3) is 0.174. The first-order valence-corrected chi connectivity index (χ1v) is 9.29. The van der Waals surface area contributed by atoms with E-state index >= 15 is 0 Å². The monoisotopic (exact) mass is 406 g/mol. The van der Waals surface area contributed by atoms with E-state index in [4.69, 9.17) is 9.47 Å². The fourth-order valence-corrected chi connectivity index (χ4v) is 2.77. The average Bonchev–Trinajstić information content (AvgIpc) is 2.69. The summed E-state index contributed by atoms with van der Waals surface area (Å²) in [5, 5.41) is 12.9. The van der Waals surface area contributed by atoms with Crippen LogP contribution in [-0.2, 0) is 16.1 Å². The molecule has 0 saturated carbocycles. The first-order chi connectivity index (χ1) is 14.3. The molecule has 0 atom stereocenters. The summed E-state index contributed by atoms with van der Waals surface area (Å²) in [6.45, 7) is 5.42. The number of aromatic hydroxyl groups is 1. The Balaban J connectivity index is 1.67. The lowest BCUT2D eigenvalue weighted by Gasteiger charge is -2.11. The molecule has 0 aliphatic rings. The van der Waals surface area contributed by atoms with Crippen molar-refractivity contribution < 1.29 is 24.2 Å². The van der Waals surface area contributed by atoms with E-state index in [0.717, 1.165) is 16.7 Å². The van der Waals surface area contributed by atoms with Crippen molar-refractivity contribution in [3.8, 4) is 17.2 Å². The smallest absolute Gasteiger partial charge is 0.302 e. The summed E-state index contributed by atoms with van der Waals surface area (Å²) in [4.78, 5) is 27.3. The van der Waals surface area contributed by atoms with Gasteiger partial charge in [-0.15, -0.1) is 0 Å². The maximum absolute atomic E-state index is 12.5. The summed E-state index contributed by atoms with van der Waals surface area (Å²) >= 11 is 0. The zero-order valence-electron chi connectivity index (χ0n) is 16.9. The third-order valence-electron chi connectivity index (χ3n) is 4.27. The van der Waals surface area contributed by atoms with Crippen LogP contribution in [0.3, 0.4) is 0 Å². The molecular weight excluding hydrogens is 384 g/mol. The number of nitrogens with one attached hydrogen (secondary N) is 1. The van der Waals surface area contributed by atoms with E-state index < -0.39 is 5.91 Å². The highest BCUT2D eigenvalue weighted by Crippen LogP contribution is 2.29. The Bertz CT molecular complexity index is 1080. The van der Waals surface area contributed by atoms with Crippen LogP contribution < -0.4 is 10.1 Å². The number of ether oxygens (including phenoxy) is 2. The van der Waals surface area contributed by atoms with E-state index in [0.29, 0.717) is 17.2 Å². The molecule has 154 valence electrons. The second-order valence-corrected chi connectivity index (χ2v) is 6.84. The topological polar surface area (TPSA) is 97.8 Å². The maximum Gasteiger partial charge on any atom is 0.302 e. The number of nitrogens with zero attached hydrogens (tertiary/aromatic N) is 1. The zero-order chi connectivity index (χ0) is 21.7. The fourth-order valence-electron chi connectivity index (χ4n) is 2.77. The standard InChI is InChI=1S/C23H22N2O5/c1-14-4-9-21(15(2)10-14)30-19-11-20(27)22(24-12-19)23(28)25-18-7-5-17(6-8-18)13-29-16(3)26/h4-12,27H,13H2,1-3H3,(H,25,28). The molecule has 1 amide bonds. The number of aryl methyl sites for hydroxylation is 2. The van der Waals surface area contributed by atoms with Crippen molar-refractivity contribution in [3.05, 3.63) is 77.1 Å². The van der Waals surface area contributed by atoms with Crippen molar-refractivity contribution in [2.75, 3.05) is 5.32 Å². The van der Waals surface area contributed by atoms with Gasteiger partial charge in [-0.05, 0) is 43.2 Å². The van der Waals surface area contributed by atoms with Crippen LogP contribution in [-0.4, -0.2) is 22.0 Å². The quantitative estimate of drug-likeness (QED) is 0.585. The number of pyridine rings is 1. The summed E-state index contributed by atoms with van der Waals surface area (Å²) in [5.74, 6) is -0.239. The first kappa shape index (κ1) is 20.9. The van der Waals surface area contributed by atoms with Gasteiger partial charge in [-0.2, -0.15) is 0 Å². The predicted octanol–water partition coefficient (Wildman–Crippen LogP) is 4.51. The largest absolute Gasteiger partial charge is 0.505 e. The molecule has 0 saturated heterocycles. The molecule has 0 unspecified atom stereocenters. The lowest BCUT2D eigenvalue weighted by Crippen LogP contribution is -2.14. The normalized spacial score (nSPS) is 10.4.